The van der Waals surface area contributed by atoms with Gasteiger partial charge in [0.1, 0.15) is 0 Å². The summed E-state index contributed by atoms with van der Waals surface area (Å²) in [5.41, 5.74) is 0. The number of thiophene rings is 1. The zero-order chi connectivity index (χ0) is 18.5. The number of carbonyl (C=O) groups excluding carboxylic acids is 2. The molecule has 26 heavy (non-hydrogen) atoms. The molecule has 2 amide bonds. The van der Waals surface area contributed by atoms with E-state index in [-0.39, 0.29) is 11.8 Å². The Kier molecular flexibility index (Phi) is 6.95. The first-order chi connectivity index (χ1) is 12.5. The van der Waals surface area contributed by atoms with Gasteiger partial charge in [0.2, 0.25) is 11.8 Å². The standard InChI is InChI=1S/C19H28ClN3O2S/c1-21(13-16-5-6-17(20)26-16)18(24)14-22-11-7-15(8-12-22)19(25)23-9-3-2-4-10-23/h5-6,15H,2-4,7-14H2,1H3. The Morgan fingerprint density at radius 1 is 1.15 bits per heavy atom. The van der Waals surface area contributed by atoms with Gasteiger partial charge in [-0.25, -0.2) is 0 Å². The van der Waals surface area contributed by atoms with Gasteiger partial charge < -0.3 is 9.80 Å². The molecular formula is C19H28ClN3O2S. The van der Waals surface area contributed by atoms with Crippen LogP contribution in [0.3, 0.4) is 0 Å². The number of hydrogen-bond donors (Lipinski definition) is 0. The highest BCUT2D eigenvalue weighted by molar-refractivity contribution is 7.16. The lowest BCUT2D eigenvalue weighted by molar-refractivity contribution is -0.138. The van der Waals surface area contributed by atoms with Crippen LogP contribution in [0.25, 0.3) is 0 Å². The van der Waals surface area contributed by atoms with Crippen molar-refractivity contribution in [1.29, 1.82) is 0 Å². The van der Waals surface area contributed by atoms with Gasteiger partial charge in [0.15, 0.2) is 0 Å². The number of likely N-dealkylation sites (tertiary alicyclic amines) is 2. The second-order valence-corrected chi connectivity index (χ2v) is 9.19. The Labute approximate surface area is 164 Å². The summed E-state index contributed by atoms with van der Waals surface area (Å²) in [5, 5.41) is 0. The fourth-order valence-corrected chi connectivity index (χ4v) is 4.92. The van der Waals surface area contributed by atoms with Crippen LogP contribution in [0, 0.1) is 5.92 Å². The number of rotatable bonds is 5. The number of hydrogen-bond acceptors (Lipinski definition) is 4. The highest BCUT2D eigenvalue weighted by Crippen LogP contribution is 2.23. The van der Waals surface area contributed by atoms with Gasteiger partial charge in [0.05, 0.1) is 17.4 Å². The highest BCUT2D eigenvalue weighted by Gasteiger charge is 2.30. The van der Waals surface area contributed by atoms with E-state index in [0.29, 0.717) is 19.0 Å². The molecule has 0 N–H and O–H groups in total. The van der Waals surface area contributed by atoms with Gasteiger partial charge in [-0.05, 0) is 57.3 Å². The van der Waals surface area contributed by atoms with Gasteiger partial charge in [0, 0.05) is 30.9 Å². The summed E-state index contributed by atoms with van der Waals surface area (Å²) in [6.07, 6.45) is 5.26. The third kappa shape index (κ3) is 5.21. The molecule has 0 radical (unpaired) electrons. The molecule has 2 saturated heterocycles. The summed E-state index contributed by atoms with van der Waals surface area (Å²) in [6.45, 7) is 4.54. The van der Waals surface area contributed by atoms with E-state index in [0.717, 1.165) is 61.1 Å². The van der Waals surface area contributed by atoms with E-state index >= 15 is 0 Å². The zero-order valence-electron chi connectivity index (χ0n) is 15.5. The van der Waals surface area contributed by atoms with E-state index in [2.05, 4.69) is 9.80 Å². The monoisotopic (exact) mass is 397 g/mol. The minimum atomic E-state index is 0.121. The van der Waals surface area contributed by atoms with Gasteiger partial charge in [-0.2, -0.15) is 0 Å². The molecule has 7 heteroatoms. The molecular weight excluding hydrogens is 370 g/mol. The first-order valence-corrected chi connectivity index (χ1v) is 10.7. The van der Waals surface area contributed by atoms with Crippen molar-refractivity contribution in [3.05, 3.63) is 21.3 Å². The minimum absolute atomic E-state index is 0.121. The molecule has 0 unspecified atom stereocenters. The van der Waals surface area contributed by atoms with Gasteiger partial charge in [-0.1, -0.05) is 11.6 Å². The predicted octanol–water partition coefficient (Wildman–Crippen LogP) is 3.08. The molecule has 0 aromatic carbocycles. The van der Waals surface area contributed by atoms with Crippen LogP contribution in [0.15, 0.2) is 12.1 Å². The molecule has 2 fully saturated rings. The number of halogens is 1. The van der Waals surface area contributed by atoms with Crippen molar-refractivity contribution >= 4 is 34.8 Å². The number of amides is 2. The van der Waals surface area contributed by atoms with Crippen LogP contribution < -0.4 is 0 Å². The lowest BCUT2D eigenvalue weighted by Gasteiger charge is -2.35. The SMILES string of the molecule is CN(Cc1ccc(Cl)s1)C(=O)CN1CCC(C(=O)N2CCCCC2)CC1. The van der Waals surface area contributed by atoms with Crippen molar-refractivity contribution < 1.29 is 9.59 Å². The van der Waals surface area contributed by atoms with Crippen LogP contribution in [0.2, 0.25) is 4.34 Å². The second kappa shape index (κ2) is 9.20. The number of likely N-dealkylation sites (N-methyl/N-ethyl adjacent to an activating group) is 1. The molecule has 3 rings (SSSR count). The molecule has 1 aromatic heterocycles. The molecule has 1 aromatic rings. The molecule has 0 atom stereocenters. The van der Waals surface area contributed by atoms with E-state index < -0.39 is 0 Å². The fourth-order valence-electron chi connectivity index (χ4n) is 3.78. The summed E-state index contributed by atoms with van der Waals surface area (Å²) in [4.78, 5) is 32.2. The van der Waals surface area contributed by atoms with E-state index in [1.165, 1.54) is 17.8 Å². The van der Waals surface area contributed by atoms with Crippen LogP contribution in [-0.2, 0) is 16.1 Å². The normalized spacial score (nSPS) is 19.5. The Balaban J connectivity index is 1.41. The van der Waals surface area contributed by atoms with Gasteiger partial charge >= 0.3 is 0 Å². The highest BCUT2D eigenvalue weighted by atomic mass is 35.5. The van der Waals surface area contributed by atoms with Crippen LogP contribution in [-0.4, -0.2) is 66.3 Å². The maximum Gasteiger partial charge on any atom is 0.236 e. The summed E-state index contributed by atoms with van der Waals surface area (Å²) in [7, 11) is 1.84. The summed E-state index contributed by atoms with van der Waals surface area (Å²) < 4.78 is 0.751. The Morgan fingerprint density at radius 2 is 1.85 bits per heavy atom. The van der Waals surface area contributed by atoms with E-state index in [1.54, 1.807) is 4.90 Å². The lowest BCUT2D eigenvalue weighted by Crippen LogP contribution is -2.46. The molecule has 2 aliphatic rings. The molecule has 0 aliphatic carbocycles. The maximum absolute atomic E-state index is 12.6. The first kappa shape index (κ1) is 19.6. The van der Waals surface area contributed by atoms with Crippen LogP contribution >= 0.6 is 22.9 Å². The van der Waals surface area contributed by atoms with Crippen molar-refractivity contribution in [3.63, 3.8) is 0 Å². The predicted molar refractivity (Wildman–Crippen MR) is 105 cm³/mol. The van der Waals surface area contributed by atoms with Crippen molar-refractivity contribution in [3.8, 4) is 0 Å². The topological polar surface area (TPSA) is 43.9 Å². The molecule has 0 saturated carbocycles. The Hall–Kier alpha value is -1.11. The average molecular weight is 398 g/mol. The quantitative estimate of drug-likeness (QED) is 0.766. The summed E-state index contributed by atoms with van der Waals surface area (Å²) in [6, 6.07) is 3.83. The lowest BCUT2D eigenvalue weighted by atomic mass is 9.94. The third-order valence-corrected chi connectivity index (χ3v) is 6.63. The number of nitrogens with zero attached hydrogens (tertiary/aromatic N) is 3. The van der Waals surface area contributed by atoms with Gasteiger partial charge in [-0.3, -0.25) is 14.5 Å². The van der Waals surface area contributed by atoms with Crippen LogP contribution in [0.5, 0.6) is 0 Å². The number of carbonyl (C=O) groups is 2. The van der Waals surface area contributed by atoms with Crippen molar-refractivity contribution in [1.82, 2.24) is 14.7 Å². The largest absolute Gasteiger partial charge is 0.342 e. The molecule has 2 aliphatic heterocycles. The van der Waals surface area contributed by atoms with E-state index in [9.17, 15) is 9.59 Å². The summed E-state index contributed by atoms with van der Waals surface area (Å²) in [5.74, 6) is 0.600. The minimum Gasteiger partial charge on any atom is -0.342 e. The second-order valence-electron chi connectivity index (χ2n) is 7.39. The molecule has 0 bridgehead atoms. The fraction of sp³-hybridized carbons (Fsp3) is 0.684. The van der Waals surface area contributed by atoms with E-state index in [4.69, 9.17) is 11.6 Å². The number of piperidine rings is 2. The molecule has 144 valence electrons. The summed E-state index contributed by atoms with van der Waals surface area (Å²) >= 11 is 7.46. The van der Waals surface area contributed by atoms with Crippen LogP contribution in [0.1, 0.15) is 37.0 Å². The van der Waals surface area contributed by atoms with Gasteiger partial charge in [-0.15, -0.1) is 11.3 Å². The molecule has 0 spiro atoms. The molecule has 5 nitrogen and oxygen atoms in total. The van der Waals surface area contributed by atoms with Crippen molar-refractivity contribution in [2.45, 2.75) is 38.6 Å². The van der Waals surface area contributed by atoms with Crippen molar-refractivity contribution in [2.24, 2.45) is 5.92 Å². The zero-order valence-corrected chi connectivity index (χ0v) is 17.0. The van der Waals surface area contributed by atoms with Crippen LogP contribution in [0.4, 0.5) is 0 Å². The Bertz CT molecular complexity index is 622. The van der Waals surface area contributed by atoms with E-state index in [1.807, 2.05) is 19.2 Å². The maximum atomic E-state index is 12.6. The first-order valence-electron chi connectivity index (χ1n) is 9.52. The smallest absolute Gasteiger partial charge is 0.236 e. The van der Waals surface area contributed by atoms with Crippen molar-refractivity contribution in [2.75, 3.05) is 39.8 Å². The average Bonchev–Trinajstić information content (AvgIpc) is 3.07. The van der Waals surface area contributed by atoms with Gasteiger partial charge in [0.25, 0.3) is 0 Å². The molecule has 3 heterocycles. The Morgan fingerprint density at radius 3 is 2.46 bits per heavy atom. The third-order valence-electron chi connectivity index (χ3n) is 5.41.